The van der Waals surface area contributed by atoms with Crippen LogP contribution >= 0.6 is 0 Å². The second-order valence-corrected chi connectivity index (χ2v) is 7.60. The maximum atomic E-state index is 13.3. The smallest absolute Gasteiger partial charge is 0.320 e. The predicted molar refractivity (Wildman–Crippen MR) is 104 cm³/mol. The van der Waals surface area contributed by atoms with Gasteiger partial charge in [-0.15, -0.1) is 0 Å². The van der Waals surface area contributed by atoms with Crippen molar-refractivity contribution in [2.24, 2.45) is 0 Å². The zero-order valence-electron chi connectivity index (χ0n) is 16.2. The SMILES string of the molecule is O=C(Nc1cccc(F)c1)NC1(C(=O)NCC[NH+]2CCOCC2)CCCCC1. The van der Waals surface area contributed by atoms with Gasteiger partial charge in [-0.1, -0.05) is 25.3 Å². The lowest BCUT2D eigenvalue weighted by Gasteiger charge is -2.36. The highest BCUT2D eigenvalue weighted by atomic mass is 19.1. The van der Waals surface area contributed by atoms with E-state index in [0.717, 1.165) is 52.1 Å². The van der Waals surface area contributed by atoms with Crippen LogP contribution in [-0.4, -0.2) is 56.9 Å². The summed E-state index contributed by atoms with van der Waals surface area (Å²) in [4.78, 5) is 26.9. The van der Waals surface area contributed by atoms with Crippen molar-refractivity contribution in [2.75, 3.05) is 44.7 Å². The zero-order valence-corrected chi connectivity index (χ0v) is 16.2. The normalized spacial score (nSPS) is 19.6. The van der Waals surface area contributed by atoms with Gasteiger partial charge in [-0.05, 0) is 31.0 Å². The second kappa shape index (κ2) is 9.84. The quantitative estimate of drug-likeness (QED) is 0.574. The molecule has 4 N–H and O–H groups in total. The topological polar surface area (TPSA) is 83.9 Å². The number of carbonyl (C=O) groups is 2. The maximum Gasteiger partial charge on any atom is 0.320 e. The first-order valence-electron chi connectivity index (χ1n) is 10.1. The molecule has 1 aliphatic heterocycles. The minimum absolute atomic E-state index is 0.130. The fourth-order valence-corrected chi connectivity index (χ4v) is 3.94. The summed E-state index contributed by atoms with van der Waals surface area (Å²) in [7, 11) is 0. The largest absolute Gasteiger partial charge is 0.370 e. The molecule has 8 heteroatoms. The van der Waals surface area contributed by atoms with Gasteiger partial charge in [0.2, 0.25) is 5.91 Å². The number of quaternary nitrogens is 1. The molecule has 1 saturated heterocycles. The summed E-state index contributed by atoms with van der Waals surface area (Å²) < 4.78 is 18.7. The van der Waals surface area contributed by atoms with Crippen molar-refractivity contribution >= 4 is 17.6 Å². The Hall–Kier alpha value is -2.19. The number of anilines is 1. The molecule has 0 unspecified atom stereocenters. The van der Waals surface area contributed by atoms with E-state index in [1.165, 1.54) is 23.1 Å². The number of halogens is 1. The third kappa shape index (κ3) is 5.65. The van der Waals surface area contributed by atoms with Crippen molar-refractivity contribution in [2.45, 2.75) is 37.6 Å². The first-order chi connectivity index (χ1) is 13.6. The van der Waals surface area contributed by atoms with Crippen LogP contribution in [-0.2, 0) is 9.53 Å². The molecule has 1 aromatic carbocycles. The van der Waals surface area contributed by atoms with Crippen LogP contribution in [0, 0.1) is 5.82 Å². The van der Waals surface area contributed by atoms with Crippen LogP contribution < -0.4 is 20.9 Å². The van der Waals surface area contributed by atoms with E-state index in [1.807, 2.05) is 0 Å². The Morgan fingerprint density at radius 1 is 1.14 bits per heavy atom. The van der Waals surface area contributed by atoms with Crippen LogP contribution in [0.25, 0.3) is 0 Å². The average Bonchev–Trinajstić information content (AvgIpc) is 2.69. The van der Waals surface area contributed by atoms with Crippen molar-refractivity contribution in [3.8, 4) is 0 Å². The van der Waals surface area contributed by atoms with E-state index >= 15 is 0 Å². The monoisotopic (exact) mass is 393 g/mol. The Balaban J connectivity index is 1.55. The second-order valence-electron chi connectivity index (χ2n) is 7.60. The number of amides is 3. The van der Waals surface area contributed by atoms with Gasteiger partial charge in [0, 0.05) is 5.69 Å². The van der Waals surface area contributed by atoms with Gasteiger partial charge in [-0.3, -0.25) is 4.79 Å². The van der Waals surface area contributed by atoms with E-state index in [4.69, 9.17) is 4.74 Å². The van der Waals surface area contributed by atoms with Crippen LogP contribution in [0.3, 0.4) is 0 Å². The molecule has 3 rings (SSSR count). The number of rotatable bonds is 6. The first-order valence-corrected chi connectivity index (χ1v) is 10.1. The van der Waals surface area contributed by atoms with Crippen LogP contribution in [0.5, 0.6) is 0 Å². The summed E-state index contributed by atoms with van der Waals surface area (Å²) in [5, 5.41) is 8.52. The minimum Gasteiger partial charge on any atom is -0.370 e. The number of hydrogen-bond donors (Lipinski definition) is 4. The molecule has 2 fully saturated rings. The van der Waals surface area contributed by atoms with Gasteiger partial charge in [0.15, 0.2) is 0 Å². The number of hydrogen-bond acceptors (Lipinski definition) is 3. The molecule has 7 nitrogen and oxygen atoms in total. The number of carbonyl (C=O) groups excluding carboxylic acids is 2. The lowest BCUT2D eigenvalue weighted by molar-refractivity contribution is -0.906. The summed E-state index contributed by atoms with van der Waals surface area (Å²) in [6, 6.07) is 5.22. The van der Waals surface area contributed by atoms with E-state index in [0.29, 0.717) is 25.1 Å². The Bertz CT molecular complexity index is 673. The molecular weight excluding hydrogens is 363 g/mol. The van der Waals surface area contributed by atoms with Gasteiger partial charge in [0.25, 0.3) is 0 Å². The Morgan fingerprint density at radius 3 is 2.61 bits per heavy atom. The number of benzene rings is 1. The molecule has 1 aliphatic carbocycles. The number of morpholine rings is 1. The number of urea groups is 1. The third-order valence-electron chi connectivity index (χ3n) is 5.54. The van der Waals surface area contributed by atoms with E-state index in [1.54, 1.807) is 6.07 Å². The van der Waals surface area contributed by atoms with Gasteiger partial charge in [-0.2, -0.15) is 0 Å². The van der Waals surface area contributed by atoms with Crippen molar-refractivity contribution in [1.29, 1.82) is 0 Å². The molecule has 0 radical (unpaired) electrons. The minimum atomic E-state index is -0.907. The Kier molecular flexibility index (Phi) is 7.22. The third-order valence-corrected chi connectivity index (χ3v) is 5.54. The van der Waals surface area contributed by atoms with Gasteiger partial charge < -0.3 is 25.6 Å². The van der Waals surface area contributed by atoms with Crippen molar-refractivity contribution in [3.05, 3.63) is 30.1 Å². The summed E-state index contributed by atoms with van der Waals surface area (Å²) in [6.07, 6.45) is 4.06. The molecular formula is C20H30FN4O3+. The molecule has 0 bridgehead atoms. The van der Waals surface area contributed by atoms with Gasteiger partial charge in [-0.25, -0.2) is 9.18 Å². The molecule has 1 heterocycles. The fourth-order valence-electron chi connectivity index (χ4n) is 3.94. The summed E-state index contributed by atoms with van der Waals surface area (Å²) >= 11 is 0. The van der Waals surface area contributed by atoms with Gasteiger partial charge in [0.1, 0.15) is 24.4 Å². The van der Waals surface area contributed by atoms with Crippen molar-refractivity contribution in [1.82, 2.24) is 10.6 Å². The highest BCUT2D eigenvalue weighted by molar-refractivity contribution is 5.96. The fraction of sp³-hybridized carbons (Fsp3) is 0.600. The highest BCUT2D eigenvalue weighted by Crippen LogP contribution is 2.28. The van der Waals surface area contributed by atoms with E-state index in [-0.39, 0.29) is 5.91 Å². The molecule has 1 aromatic rings. The molecule has 2 aliphatic rings. The molecule has 0 atom stereocenters. The summed E-state index contributed by atoms with van der Waals surface area (Å²) in [5.74, 6) is -0.553. The van der Waals surface area contributed by atoms with Crippen molar-refractivity contribution in [3.63, 3.8) is 0 Å². The van der Waals surface area contributed by atoms with Crippen LogP contribution in [0.15, 0.2) is 24.3 Å². The highest BCUT2D eigenvalue weighted by Gasteiger charge is 2.40. The van der Waals surface area contributed by atoms with E-state index in [2.05, 4.69) is 16.0 Å². The van der Waals surface area contributed by atoms with E-state index < -0.39 is 17.4 Å². The lowest BCUT2D eigenvalue weighted by Crippen LogP contribution is -3.14. The molecule has 154 valence electrons. The van der Waals surface area contributed by atoms with Crippen LogP contribution in [0.2, 0.25) is 0 Å². The Labute approximate surface area is 165 Å². The average molecular weight is 393 g/mol. The Morgan fingerprint density at radius 2 is 1.89 bits per heavy atom. The van der Waals surface area contributed by atoms with Gasteiger partial charge >= 0.3 is 6.03 Å². The molecule has 0 aromatic heterocycles. The molecule has 28 heavy (non-hydrogen) atoms. The summed E-state index contributed by atoms with van der Waals surface area (Å²) in [6.45, 7) is 4.85. The molecule has 0 spiro atoms. The first kappa shape index (κ1) is 20.5. The van der Waals surface area contributed by atoms with Crippen molar-refractivity contribution < 1.29 is 23.6 Å². The lowest BCUT2D eigenvalue weighted by atomic mass is 9.81. The standard InChI is InChI=1S/C20H29FN4O3/c21-16-5-4-6-17(15-16)23-19(27)24-20(7-2-1-3-8-20)18(26)22-9-10-25-11-13-28-14-12-25/h4-6,15H,1-3,7-14H2,(H,22,26)(H2,23,24,27)/p+1. The zero-order chi connectivity index (χ0) is 19.8. The summed E-state index contributed by atoms with van der Waals surface area (Å²) in [5.41, 5.74) is -0.546. The molecule has 1 saturated carbocycles. The predicted octanol–water partition coefficient (Wildman–Crippen LogP) is 0.681. The number of nitrogens with one attached hydrogen (secondary N) is 4. The van der Waals surface area contributed by atoms with E-state index in [9.17, 15) is 14.0 Å². The van der Waals surface area contributed by atoms with Crippen LogP contribution in [0.4, 0.5) is 14.9 Å². The number of ether oxygens (including phenoxy) is 1. The van der Waals surface area contributed by atoms with Gasteiger partial charge in [0.05, 0.1) is 26.3 Å². The molecule has 3 amide bonds. The van der Waals surface area contributed by atoms with Crippen LogP contribution in [0.1, 0.15) is 32.1 Å². The maximum absolute atomic E-state index is 13.3.